The van der Waals surface area contributed by atoms with Gasteiger partial charge in [-0.05, 0) is 18.2 Å². The average molecular weight is 242 g/mol. The SMILES string of the molecule is O=C(Nc1ccc(F)c(Cl)c1)C(F)(F)F. The predicted molar refractivity (Wildman–Crippen MR) is 46.1 cm³/mol. The Hall–Kier alpha value is -1.30. The molecule has 1 aromatic rings. The molecule has 0 saturated heterocycles. The van der Waals surface area contributed by atoms with Gasteiger partial charge in [0.1, 0.15) is 5.82 Å². The number of nitrogens with one attached hydrogen (secondary N) is 1. The van der Waals surface area contributed by atoms with Gasteiger partial charge in [-0.2, -0.15) is 13.2 Å². The summed E-state index contributed by atoms with van der Waals surface area (Å²) in [4.78, 5) is 10.5. The lowest BCUT2D eigenvalue weighted by atomic mass is 10.3. The molecular formula is C8H4ClF4NO. The van der Waals surface area contributed by atoms with Gasteiger partial charge in [-0.15, -0.1) is 0 Å². The van der Waals surface area contributed by atoms with Gasteiger partial charge < -0.3 is 5.32 Å². The molecule has 0 unspecified atom stereocenters. The fraction of sp³-hybridized carbons (Fsp3) is 0.125. The molecule has 15 heavy (non-hydrogen) atoms. The third-order valence-electron chi connectivity index (χ3n) is 1.43. The molecule has 2 nitrogen and oxygen atoms in total. The first-order valence-corrected chi connectivity index (χ1v) is 4.02. The molecule has 0 aromatic heterocycles. The summed E-state index contributed by atoms with van der Waals surface area (Å²) in [5.41, 5.74) is -0.219. The van der Waals surface area contributed by atoms with E-state index >= 15 is 0 Å². The van der Waals surface area contributed by atoms with Gasteiger partial charge >= 0.3 is 12.1 Å². The van der Waals surface area contributed by atoms with Crippen molar-refractivity contribution >= 4 is 23.2 Å². The normalized spacial score (nSPS) is 11.3. The van der Waals surface area contributed by atoms with Crippen molar-refractivity contribution in [2.24, 2.45) is 0 Å². The van der Waals surface area contributed by atoms with Gasteiger partial charge in [0.05, 0.1) is 5.02 Å². The molecule has 0 aliphatic carbocycles. The minimum atomic E-state index is -4.99. The lowest BCUT2D eigenvalue weighted by Crippen LogP contribution is -2.29. The van der Waals surface area contributed by atoms with Crippen LogP contribution in [0.4, 0.5) is 23.2 Å². The largest absolute Gasteiger partial charge is 0.471 e. The smallest absolute Gasteiger partial charge is 0.318 e. The molecular weight excluding hydrogens is 238 g/mol. The summed E-state index contributed by atoms with van der Waals surface area (Å²) >= 11 is 5.30. The van der Waals surface area contributed by atoms with Gasteiger partial charge in [0, 0.05) is 5.69 Å². The third kappa shape index (κ3) is 3.09. The number of alkyl halides is 3. The van der Waals surface area contributed by atoms with E-state index in [1.807, 2.05) is 0 Å². The Bertz CT molecular complexity index is 391. The maximum atomic E-state index is 12.6. The Morgan fingerprint density at radius 2 is 1.93 bits per heavy atom. The van der Waals surface area contributed by atoms with Crippen LogP contribution in [0.15, 0.2) is 18.2 Å². The zero-order valence-corrected chi connectivity index (χ0v) is 7.79. The van der Waals surface area contributed by atoms with E-state index in [2.05, 4.69) is 0 Å². The van der Waals surface area contributed by atoms with Crippen LogP contribution in [0.3, 0.4) is 0 Å². The number of hydrogen-bond donors (Lipinski definition) is 1. The Labute approximate surface area is 86.8 Å². The molecule has 0 atom stereocenters. The van der Waals surface area contributed by atoms with E-state index in [0.29, 0.717) is 0 Å². The molecule has 0 saturated carbocycles. The lowest BCUT2D eigenvalue weighted by Gasteiger charge is -2.07. The monoisotopic (exact) mass is 241 g/mol. The number of anilines is 1. The van der Waals surface area contributed by atoms with Crippen LogP contribution in [0, 0.1) is 5.82 Å². The number of carbonyl (C=O) groups is 1. The van der Waals surface area contributed by atoms with Crippen molar-refractivity contribution in [1.29, 1.82) is 0 Å². The van der Waals surface area contributed by atoms with Crippen molar-refractivity contribution < 1.29 is 22.4 Å². The quantitative estimate of drug-likeness (QED) is 0.753. The second-order valence-corrected chi connectivity index (χ2v) is 2.99. The summed E-state index contributed by atoms with van der Waals surface area (Å²) in [7, 11) is 0. The summed E-state index contributed by atoms with van der Waals surface area (Å²) in [6.07, 6.45) is -4.99. The molecule has 7 heteroatoms. The van der Waals surface area contributed by atoms with E-state index in [9.17, 15) is 22.4 Å². The first-order valence-electron chi connectivity index (χ1n) is 3.64. The van der Waals surface area contributed by atoms with E-state index in [1.54, 1.807) is 0 Å². The van der Waals surface area contributed by atoms with E-state index < -0.39 is 17.9 Å². The maximum absolute atomic E-state index is 12.6. The van der Waals surface area contributed by atoms with E-state index in [4.69, 9.17) is 11.6 Å². The van der Waals surface area contributed by atoms with Crippen molar-refractivity contribution in [3.8, 4) is 0 Å². The van der Waals surface area contributed by atoms with Gasteiger partial charge in [0.25, 0.3) is 0 Å². The highest BCUT2D eigenvalue weighted by Crippen LogP contribution is 2.22. The summed E-state index contributed by atoms with van der Waals surface area (Å²) in [6, 6.07) is 2.72. The first-order chi connectivity index (χ1) is 6.80. The maximum Gasteiger partial charge on any atom is 0.471 e. The average Bonchev–Trinajstić information content (AvgIpc) is 2.10. The molecule has 0 heterocycles. The minimum absolute atomic E-state index is 0.219. The van der Waals surface area contributed by atoms with E-state index in [-0.39, 0.29) is 10.7 Å². The van der Waals surface area contributed by atoms with Gasteiger partial charge in [0.2, 0.25) is 0 Å². The zero-order valence-electron chi connectivity index (χ0n) is 7.03. The summed E-state index contributed by atoms with van der Waals surface area (Å²) in [5.74, 6) is -2.91. The fourth-order valence-electron chi connectivity index (χ4n) is 0.776. The molecule has 1 rings (SSSR count). The van der Waals surface area contributed by atoms with Crippen LogP contribution in [-0.4, -0.2) is 12.1 Å². The Morgan fingerprint density at radius 1 is 1.33 bits per heavy atom. The topological polar surface area (TPSA) is 29.1 Å². The first kappa shape index (κ1) is 11.8. The van der Waals surface area contributed by atoms with Crippen LogP contribution in [0.2, 0.25) is 5.02 Å². The second-order valence-electron chi connectivity index (χ2n) is 2.58. The Balaban J connectivity index is 2.83. The molecule has 0 aliphatic heterocycles. The van der Waals surface area contributed by atoms with Gasteiger partial charge in [-0.3, -0.25) is 4.79 Å². The molecule has 0 aliphatic rings. The summed E-state index contributed by atoms with van der Waals surface area (Å²) in [6.45, 7) is 0. The molecule has 1 aromatic carbocycles. The number of hydrogen-bond acceptors (Lipinski definition) is 1. The summed E-state index contributed by atoms with van der Waals surface area (Å²) < 4.78 is 48.0. The molecule has 0 bridgehead atoms. The van der Waals surface area contributed by atoms with Gasteiger partial charge in [-0.1, -0.05) is 11.6 Å². The van der Waals surface area contributed by atoms with Crippen molar-refractivity contribution in [2.45, 2.75) is 6.18 Å². The fourth-order valence-corrected chi connectivity index (χ4v) is 0.956. The molecule has 82 valence electrons. The van der Waals surface area contributed by atoms with Crippen LogP contribution >= 0.6 is 11.6 Å². The zero-order chi connectivity index (χ0) is 11.6. The Morgan fingerprint density at radius 3 is 2.40 bits per heavy atom. The second kappa shape index (κ2) is 4.06. The van der Waals surface area contributed by atoms with Crippen molar-refractivity contribution in [1.82, 2.24) is 0 Å². The molecule has 1 N–H and O–H groups in total. The summed E-state index contributed by atoms with van der Waals surface area (Å²) in [5, 5.41) is 1.17. The molecule has 0 fully saturated rings. The van der Waals surface area contributed by atoms with Crippen LogP contribution in [0.1, 0.15) is 0 Å². The third-order valence-corrected chi connectivity index (χ3v) is 1.72. The standard InChI is InChI=1S/C8H4ClF4NO/c9-5-3-4(1-2-6(5)10)14-7(15)8(11,12)13/h1-3H,(H,14,15). The van der Waals surface area contributed by atoms with Crippen molar-refractivity contribution in [3.05, 3.63) is 29.0 Å². The molecule has 1 amide bonds. The highest BCUT2D eigenvalue weighted by Gasteiger charge is 2.38. The van der Waals surface area contributed by atoms with Crippen molar-refractivity contribution in [3.63, 3.8) is 0 Å². The number of benzene rings is 1. The molecule has 0 radical (unpaired) electrons. The number of amides is 1. The lowest BCUT2D eigenvalue weighted by molar-refractivity contribution is -0.167. The highest BCUT2D eigenvalue weighted by atomic mass is 35.5. The minimum Gasteiger partial charge on any atom is -0.318 e. The van der Waals surface area contributed by atoms with Crippen LogP contribution in [0.25, 0.3) is 0 Å². The van der Waals surface area contributed by atoms with Crippen LogP contribution in [0.5, 0.6) is 0 Å². The van der Waals surface area contributed by atoms with Gasteiger partial charge in [-0.25, -0.2) is 4.39 Å². The van der Waals surface area contributed by atoms with Crippen molar-refractivity contribution in [2.75, 3.05) is 5.32 Å². The van der Waals surface area contributed by atoms with Gasteiger partial charge in [0.15, 0.2) is 0 Å². The number of carbonyl (C=O) groups excluding carboxylic acids is 1. The van der Waals surface area contributed by atoms with Crippen LogP contribution < -0.4 is 5.32 Å². The van der Waals surface area contributed by atoms with E-state index in [0.717, 1.165) is 18.2 Å². The van der Waals surface area contributed by atoms with Crippen LogP contribution in [-0.2, 0) is 4.79 Å². The predicted octanol–water partition coefficient (Wildman–Crippen LogP) is 2.98. The number of halogens is 5. The Kier molecular flexibility index (Phi) is 3.18. The van der Waals surface area contributed by atoms with E-state index in [1.165, 1.54) is 5.32 Å². The highest BCUT2D eigenvalue weighted by molar-refractivity contribution is 6.31. The number of rotatable bonds is 1. The molecule has 0 spiro atoms.